The lowest BCUT2D eigenvalue weighted by molar-refractivity contribution is -0.142. The minimum absolute atomic E-state index is 0.0437. The standard InChI is InChI=1S/C18H22F5NO3S/c1-11(2)28(26,27)10-12-3-5-24(6-4-12)16(25)9-13-7-14(19)17(15(20)8-13)18(21,22)23/h7-8,11-12H,3-6,9-10H2,1-2H3. The van der Waals surface area contributed by atoms with E-state index in [9.17, 15) is 35.2 Å². The van der Waals surface area contributed by atoms with E-state index < -0.39 is 50.8 Å². The molecule has 28 heavy (non-hydrogen) atoms. The van der Waals surface area contributed by atoms with Crippen LogP contribution in [0.15, 0.2) is 12.1 Å². The van der Waals surface area contributed by atoms with Crippen molar-refractivity contribution in [3.8, 4) is 0 Å². The minimum atomic E-state index is -5.16. The molecule has 0 atom stereocenters. The number of piperidine rings is 1. The topological polar surface area (TPSA) is 54.5 Å². The van der Waals surface area contributed by atoms with Gasteiger partial charge in [0.2, 0.25) is 5.91 Å². The van der Waals surface area contributed by atoms with Crippen LogP contribution in [0.25, 0.3) is 0 Å². The van der Waals surface area contributed by atoms with E-state index in [4.69, 9.17) is 0 Å². The molecular formula is C18H22F5NO3S. The Morgan fingerprint density at radius 1 is 1.14 bits per heavy atom. The summed E-state index contributed by atoms with van der Waals surface area (Å²) in [4.78, 5) is 13.7. The summed E-state index contributed by atoms with van der Waals surface area (Å²) in [5.74, 6) is -4.01. The third-order valence-electron chi connectivity index (χ3n) is 4.89. The second kappa shape index (κ2) is 8.34. The van der Waals surface area contributed by atoms with Gasteiger partial charge >= 0.3 is 6.18 Å². The molecule has 0 saturated carbocycles. The molecule has 1 saturated heterocycles. The fraction of sp³-hybridized carbons (Fsp3) is 0.611. The zero-order valence-corrected chi connectivity index (χ0v) is 16.3. The summed E-state index contributed by atoms with van der Waals surface area (Å²) in [6.45, 7) is 3.80. The van der Waals surface area contributed by atoms with Gasteiger partial charge in [-0.3, -0.25) is 4.79 Å². The average molecular weight is 427 g/mol. The fourth-order valence-corrected chi connectivity index (χ4v) is 4.53. The van der Waals surface area contributed by atoms with Crippen LogP contribution in [0.5, 0.6) is 0 Å². The van der Waals surface area contributed by atoms with Crippen LogP contribution < -0.4 is 0 Å². The average Bonchev–Trinajstić information content (AvgIpc) is 2.52. The number of halogens is 5. The van der Waals surface area contributed by atoms with Gasteiger partial charge in [-0.1, -0.05) is 0 Å². The zero-order chi connectivity index (χ0) is 21.3. The number of benzene rings is 1. The number of amides is 1. The third-order valence-corrected chi connectivity index (χ3v) is 7.27. The van der Waals surface area contributed by atoms with E-state index in [-0.39, 0.29) is 17.2 Å². The molecule has 1 amide bonds. The van der Waals surface area contributed by atoms with Crippen LogP contribution in [0.4, 0.5) is 22.0 Å². The molecule has 10 heteroatoms. The van der Waals surface area contributed by atoms with Gasteiger partial charge in [-0.25, -0.2) is 17.2 Å². The Morgan fingerprint density at radius 3 is 2.07 bits per heavy atom. The number of rotatable bonds is 5. The highest BCUT2D eigenvalue weighted by atomic mass is 32.2. The molecule has 1 aromatic carbocycles. The zero-order valence-electron chi connectivity index (χ0n) is 15.5. The van der Waals surface area contributed by atoms with Crippen LogP contribution in [-0.2, 0) is 27.2 Å². The Bertz CT molecular complexity index is 805. The number of hydrogen-bond acceptors (Lipinski definition) is 3. The smallest absolute Gasteiger partial charge is 0.342 e. The van der Waals surface area contributed by atoms with Crippen molar-refractivity contribution in [2.75, 3.05) is 18.8 Å². The number of hydrogen-bond donors (Lipinski definition) is 0. The second-order valence-electron chi connectivity index (χ2n) is 7.31. The Hall–Kier alpha value is -1.71. The van der Waals surface area contributed by atoms with Gasteiger partial charge in [-0.05, 0) is 50.3 Å². The van der Waals surface area contributed by atoms with Gasteiger partial charge in [0, 0.05) is 13.1 Å². The molecule has 0 N–H and O–H groups in total. The van der Waals surface area contributed by atoms with E-state index in [1.807, 2.05) is 0 Å². The van der Waals surface area contributed by atoms with Crippen molar-refractivity contribution < 1.29 is 35.2 Å². The van der Waals surface area contributed by atoms with Gasteiger partial charge in [0.25, 0.3) is 0 Å². The predicted octanol–water partition coefficient (Wildman–Crippen LogP) is 3.59. The van der Waals surface area contributed by atoms with Gasteiger partial charge in [0.1, 0.15) is 17.2 Å². The molecule has 0 aromatic heterocycles. The SMILES string of the molecule is CC(C)S(=O)(=O)CC1CCN(C(=O)Cc2cc(F)c(C(F)(F)F)c(F)c2)CC1. The van der Waals surface area contributed by atoms with E-state index in [0.29, 0.717) is 38.1 Å². The molecule has 4 nitrogen and oxygen atoms in total. The second-order valence-corrected chi connectivity index (χ2v) is 9.91. The summed E-state index contributed by atoms with van der Waals surface area (Å²) in [6, 6.07) is 1.04. The molecule has 1 heterocycles. The highest BCUT2D eigenvalue weighted by Crippen LogP contribution is 2.34. The molecule has 158 valence electrons. The molecule has 0 spiro atoms. The van der Waals surface area contributed by atoms with Crippen molar-refractivity contribution in [3.05, 3.63) is 34.9 Å². The monoisotopic (exact) mass is 427 g/mol. The molecule has 2 rings (SSSR count). The third kappa shape index (κ3) is 5.42. The summed E-state index contributed by atoms with van der Waals surface area (Å²) in [7, 11) is -3.19. The van der Waals surface area contributed by atoms with Crippen molar-refractivity contribution in [1.29, 1.82) is 0 Å². The summed E-state index contributed by atoms with van der Waals surface area (Å²) in [6.07, 6.45) is -4.63. The van der Waals surface area contributed by atoms with E-state index in [1.54, 1.807) is 13.8 Å². The van der Waals surface area contributed by atoms with Crippen molar-refractivity contribution in [1.82, 2.24) is 4.90 Å². The normalized spacial score (nSPS) is 16.6. The fourth-order valence-electron chi connectivity index (χ4n) is 3.15. The van der Waals surface area contributed by atoms with E-state index >= 15 is 0 Å². The molecule has 1 aliphatic heterocycles. The molecule has 0 bridgehead atoms. The Kier molecular flexibility index (Phi) is 6.73. The van der Waals surface area contributed by atoms with Crippen LogP contribution in [0, 0.1) is 17.6 Å². The van der Waals surface area contributed by atoms with Crippen molar-refractivity contribution in [2.45, 2.75) is 44.5 Å². The van der Waals surface area contributed by atoms with Crippen LogP contribution in [0.3, 0.4) is 0 Å². The molecule has 1 aliphatic rings. The molecular weight excluding hydrogens is 405 g/mol. The highest BCUT2D eigenvalue weighted by molar-refractivity contribution is 7.91. The van der Waals surface area contributed by atoms with Crippen molar-refractivity contribution >= 4 is 15.7 Å². The van der Waals surface area contributed by atoms with Crippen LogP contribution in [0.1, 0.15) is 37.8 Å². The first-order valence-electron chi connectivity index (χ1n) is 8.85. The lowest BCUT2D eigenvalue weighted by Crippen LogP contribution is -2.41. The first-order valence-corrected chi connectivity index (χ1v) is 10.6. The maximum Gasteiger partial charge on any atom is 0.422 e. The van der Waals surface area contributed by atoms with Gasteiger partial charge in [0.05, 0.1) is 17.4 Å². The number of alkyl halides is 3. The first-order chi connectivity index (χ1) is 12.8. The van der Waals surface area contributed by atoms with E-state index in [2.05, 4.69) is 0 Å². The molecule has 1 aromatic rings. The van der Waals surface area contributed by atoms with Gasteiger partial charge < -0.3 is 4.90 Å². The molecule has 1 fully saturated rings. The van der Waals surface area contributed by atoms with Crippen LogP contribution in [-0.4, -0.2) is 43.3 Å². The quantitative estimate of drug-likeness (QED) is 0.675. The lowest BCUT2D eigenvalue weighted by atomic mass is 9.98. The Morgan fingerprint density at radius 2 is 1.64 bits per heavy atom. The van der Waals surface area contributed by atoms with E-state index in [0.717, 1.165) is 0 Å². The van der Waals surface area contributed by atoms with E-state index in [1.165, 1.54) is 4.90 Å². The largest absolute Gasteiger partial charge is 0.422 e. The summed E-state index contributed by atoms with van der Waals surface area (Å²) in [5, 5.41) is -0.475. The van der Waals surface area contributed by atoms with Crippen molar-refractivity contribution in [2.24, 2.45) is 5.92 Å². The number of sulfone groups is 1. The Balaban J connectivity index is 1.98. The van der Waals surface area contributed by atoms with Crippen LogP contribution >= 0.6 is 0 Å². The molecule has 0 radical (unpaired) electrons. The number of carbonyl (C=O) groups excluding carboxylic acids is 1. The Labute approximate surface area is 160 Å². The maximum atomic E-state index is 13.6. The van der Waals surface area contributed by atoms with Gasteiger partial charge in [-0.2, -0.15) is 13.2 Å². The highest BCUT2D eigenvalue weighted by Gasteiger charge is 2.38. The number of nitrogens with zero attached hydrogens (tertiary/aromatic N) is 1. The summed E-state index contributed by atoms with van der Waals surface area (Å²) < 4.78 is 89.0. The summed E-state index contributed by atoms with van der Waals surface area (Å²) >= 11 is 0. The van der Waals surface area contributed by atoms with Crippen LogP contribution in [0.2, 0.25) is 0 Å². The molecule has 0 unspecified atom stereocenters. The predicted molar refractivity (Wildman–Crippen MR) is 93.3 cm³/mol. The minimum Gasteiger partial charge on any atom is -0.342 e. The molecule has 0 aliphatic carbocycles. The summed E-state index contributed by atoms with van der Waals surface area (Å²) in [5.41, 5.74) is -2.16. The van der Waals surface area contributed by atoms with Crippen molar-refractivity contribution in [3.63, 3.8) is 0 Å². The first kappa shape index (κ1) is 22.6. The number of carbonyl (C=O) groups is 1. The maximum absolute atomic E-state index is 13.6. The van der Waals surface area contributed by atoms with Gasteiger partial charge in [0.15, 0.2) is 9.84 Å². The van der Waals surface area contributed by atoms with Gasteiger partial charge in [-0.15, -0.1) is 0 Å². The number of likely N-dealkylation sites (tertiary alicyclic amines) is 1. The lowest BCUT2D eigenvalue weighted by Gasteiger charge is -2.32.